The molecule has 0 aliphatic carbocycles. The third kappa shape index (κ3) is 3.44. The number of aliphatic hydroxyl groups excluding tert-OH is 1. The summed E-state index contributed by atoms with van der Waals surface area (Å²) in [6.07, 6.45) is 0.530. The highest BCUT2D eigenvalue weighted by Gasteiger charge is 2.13. The summed E-state index contributed by atoms with van der Waals surface area (Å²) in [7, 11) is 0. The molecule has 0 spiro atoms. The van der Waals surface area contributed by atoms with E-state index in [1.165, 1.54) is 5.56 Å². The van der Waals surface area contributed by atoms with Gasteiger partial charge in [-0.25, -0.2) is 0 Å². The van der Waals surface area contributed by atoms with Crippen LogP contribution in [0.1, 0.15) is 36.0 Å². The summed E-state index contributed by atoms with van der Waals surface area (Å²) in [5.41, 5.74) is 2.26. The van der Waals surface area contributed by atoms with Crippen LogP contribution in [-0.4, -0.2) is 5.11 Å². The summed E-state index contributed by atoms with van der Waals surface area (Å²) < 4.78 is 1.05. The standard InChI is InChI=1S/C15H17BrOS/c1-10(2)8-11-4-3-5-12(9-11)15(17)13-6-7-14(16)18-13/h3-7,9-10,15,17H,8H2,1-2H3. The third-order valence-electron chi connectivity index (χ3n) is 2.77. The van der Waals surface area contributed by atoms with Crippen LogP contribution in [0.15, 0.2) is 40.2 Å². The van der Waals surface area contributed by atoms with E-state index in [0.717, 1.165) is 20.6 Å². The minimum absolute atomic E-state index is 0.520. The van der Waals surface area contributed by atoms with Gasteiger partial charge in [-0.2, -0.15) is 0 Å². The van der Waals surface area contributed by atoms with Crippen molar-refractivity contribution in [2.45, 2.75) is 26.4 Å². The van der Waals surface area contributed by atoms with E-state index in [1.807, 2.05) is 24.3 Å². The molecule has 18 heavy (non-hydrogen) atoms. The van der Waals surface area contributed by atoms with Gasteiger partial charge in [0.15, 0.2) is 0 Å². The summed E-state index contributed by atoms with van der Waals surface area (Å²) in [4.78, 5) is 0.976. The molecule has 0 aliphatic rings. The summed E-state index contributed by atoms with van der Waals surface area (Å²) in [5, 5.41) is 10.4. The fourth-order valence-corrected chi connectivity index (χ4v) is 3.44. The van der Waals surface area contributed by atoms with Crippen molar-refractivity contribution in [3.05, 3.63) is 56.2 Å². The van der Waals surface area contributed by atoms with Crippen LogP contribution in [0.3, 0.4) is 0 Å². The van der Waals surface area contributed by atoms with Gasteiger partial charge in [0.25, 0.3) is 0 Å². The predicted molar refractivity (Wildman–Crippen MR) is 81.1 cm³/mol. The Hall–Kier alpha value is -0.640. The van der Waals surface area contributed by atoms with Crippen LogP contribution >= 0.6 is 27.3 Å². The lowest BCUT2D eigenvalue weighted by Crippen LogP contribution is -2.00. The van der Waals surface area contributed by atoms with Crippen molar-refractivity contribution in [3.8, 4) is 0 Å². The van der Waals surface area contributed by atoms with Gasteiger partial charge in [-0.05, 0) is 51.5 Å². The van der Waals surface area contributed by atoms with Gasteiger partial charge in [0, 0.05) is 4.88 Å². The minimum atomic E-state index is -0.520. The maximum Gasteiger partial charge on any atom is 0.113 e. The number of benzene rings is 1. The van der Waals surface area contributed by atoms with Crippen LogP contribution < -0.4 is 0 Å². The molecule has 0 saturated carbocycles. The Balaban J connectivity index is 2.22. The van der Waals surface area contributed by atoms with Crippen molar-refractivity contribution in [2.75, 3.05) is 0 Å². The molecule has 1 atom stereocenters. The Kier molecular flexibility index (Phi) is 4.60. The van der Waals surface area contributed by atoms with E-state index in [4.69, 9.17) is 0 Å². The van der Waals surface area contributed by atoms with E-state index in [9.17, 15) is 5.11 Å². The first-order valence-electron chi connectivity index (χ1n) is 6.08. The Labute approximate surface area is 121 Å². The molecular weight excluding hydrogens is 308 g/mol. The van der Waals surface area contributed by atoms with Crippen LogP contribution in [0.2, 0.25) is 0 Å². The minimum Gasteiger partial charge on any atom is -0.383 e. The van der Waals surface area contributed by atoms with Gasteiger partial charge in [-0.1, -0.05) is 38.1 Å². The topological polar surface area (TPSA) is 20.2 Å². The highest BCUT2D eigenvalue weighted by Crippen LogP contribution is 2.31. The second kappa shape index (κ2) is 6.00. The zero-order valence-corrected chi connectivity index (χ0v) is 13.0. The number of rotatable bonds is 4. The Morgan fingerprint density at radius 3 is 2.61 bits per heavy atom. The molecule has 0 amide bonds. The Bertz CT molecular complexity index is 519. The highest BCUT2D eigenvalue weighted by atomic mass is 79.9. The second-order valence-electron chi connectivity index (χ2n) is 4.89. The van der Waals surface area contributed by atoms with Gasteiger partial charge in [0.2, 0.25) is 0 Å². The summed E-state index contributed by atoms with van der Waals surface area (Å²) in [6.45, 7) is 4.42. The molecule has 0 radical (unpaired) electrons. The van der Waals surface area contributed by atoms with Crippen molar-refractivity contribution in [1.29, 1.82) is 0 Å². The lowest BCUT2D eigenvalue weighted by molar-refractivity contribution is 0.224. The molecule has 0 saturated heterocycles. The zero-order valence-electron chi connectivity index (χ0n) is 10.6. The molecule has 2 aromatic rings. The van der Waals surface area contributed by atoms with Crippen molar-refractivity contribution < 1.29 is 5.11 Å². The molecule has 0 fully saturated rings. The van der Waals surface area contributed by atoms with Gasteiger partial charge < -0.3 is 5.11 Å². The van der Waals surface area contributed by atoms with E-state index >= 15 is 0 Å². The molecule has 0 bridgehead atoms. The van der Waals surface area contributed by atoms with Crippen LogP contribution in [0.25, 0.3) is 0 Å². The Morgan fingerprint density at radius 1 is 1.22 bits per heavy atom. The first kappa shape index (κ1) is 13.8. The molecule has 3 heteroatoms. The van der Waals surface area contributed by atoms with Gasteiger partial charge in [-0.15, -0.1) is 11.3 Å². The van der Waals surface area contributed by atoms with Crippen molar-refractivity contribution >= 4 is 27.3 Å². The monoisotopic (exact) mass is 324 g/mol. The van der Waals surface area contributed by atoms with Crippen LogP contribution in [-0.2, 0) is 6.42 Å². The average molecular weight is 325 g/mol. The number of hydrogen-bond acceptors (Lipinski definition) is 2. The first-order chi connectivity index (χ1) is 8.56. The van der Waals surface area contributed by atoms with Crippen molar-refractivity contribution in [3.63, 3.8) is 0 Å². The van der Waals surface area contributed by atoms with E-state index in [2.05, 4.69) is 41.9 Å². The average Bonchev–Trinajstić information content (AvgIpc) is 2.74. The fourth-order valence-electron chi connectivity index (χ4n) is 2.00. The molecule has 1 N–H and O–H groups in total. The maximum absolute atomic E-state index is 10.4. The van der Waals surface area contributed by atoms with Crippen molar-refractivity contribution in [2.24, 2.45) is 5.92 Å². The van der Waals surface area contributed by atoms with E-state index in [1.54, 1.807) is 11.3 Å². The molecule has 1 heterocycles. The van der Waals surface area contributed by atoms with E-state index in [-0.39, 0.29) is 0 Å². The molecule has 1 aromatic carbocycles. The second-order valence-corrected chi connectivity index (χ2v) is 7.38. The van der Waals surface area contributed by atoms with Gasteiger partial charge >= 0.3 is 0 Å². The lowest BCUT2D eigenvalue weighted by atomic mass is 9.99. The summed E-state index contributed by atoms with van der Waals surface area (Å²) >= 11 is 5.00. The molecule has 1 aromatic heterocycles. The van der Waals surface area contributed by atoms with Crippen molar-refractivity contribution in [1.82, 2.24) is 0 Å². The van der Waals surface area contributed by atoms with Gasteiger partial charge in [-0.3, -0.25) is 0 Å². The largest absolute Gasteiger partial charge is 0.383 e. The maximum atomic E-state index is 10.4. The quantitative estimate of drug-likeness (QED) is 0.857. The number of halogens is 1. The Morgan fingerprint density at radius 2 is 2.00 bits per heavy atom. The molecule has 0 aliphatic heterocycles. The van der Waals surface area contributed by atoms with Crippen LogP contribution in [0, 0.1) is 5.92 Å². The smallest absolute Gasteiger partial charge is 0.113 e. The number of thiophene rings is 1. The van der Waals surface area contributed by atoms with E-state index in [0.29, 0.717) is 5.92 Å². The molecule has 2 rings (SSSR count). The molecule has 1 unspecified atom stereocenters. The van der Waals surface area contributed by atoms with Crippen LogP contribution in [0.5, 0.6) is 0 Å². The van der Waals surface area contributed by atoms with E-state index < -0.39 is 6.10 Å². The third-order valence-corrected chi connectivity index (χ3v) is 4.45. The molecule has 1 nitrogen and oxygen atoms in total. The van der Waals surface area contributed by atoms with Crippen LogP contribution in [0.4, 0.5) is 0 Å². The first-order valence-corrected chi connectivity index (χ1v) is 7.69. The van der Waals surface area contributed by atoms with Gasteiger partial charge in [0.05, 0.1) is 3.79 Å². The zero-order chi connectivity index (χ0) is 13.1. The van der Waals surface area contributed by atoms with Gasteiger partial charge in [0.1, 0.15) is 6.10 Å². The predicted octanol–water partition coefficient (Wildman–Crippen LogP) is 4.79. The normalized spacial score (nSPS) is 12.9. The number of hydrogen-bond donors (Lipinski definition) is 1. The highest BCUT2D eigenvalue weighted by molar-refractivity contribution is 9.11. The number of aliphatic hydroxyl groups is 1. The SMILES string of the molecule is CC(C)Cc1cccc(C(O)c2ccc(Br)s2)c1. The molecule has 96 valence electrons. The summed E-state index contributed by atoms with van der Waals surface area (Å²) in [5.74, 6) is 0.633. The fraction of sp³-hybridized carbons (Fsp3) is 0.333. The lowest BCUT2D eigenvalue weighted by Gasteiger charge is -2.11. The summed E-state index contributed by atoms with van der Waals surface area (Å²) in [6, 6.07) is 12.2. The molecular formula is C15H17BrOS.